The Kier molecular flexibility index (Phi) is 5.87. The van der Waals surface area contributed by atoms with Gasteiger partial charge < -0.3 is 9.88 Å². The van der Waals surface area contributed by atoms with E-state index in [1.165, 1.54) is 11.1 Å². The number of nitrogens with zero attached hydrogens (tertiary/aromatic N) is 2. The molecule has 5 rings (SSSR count). The summed E-state index contributed by atoms with van der Waals surface area (Å²) in [5.74, 6) is 0. The third-order valence-electron chi connectivity index (χ3n) is 5.93. The Morgan fingerprint density at radius 1 is 0.848 bits per heavy atom. The predicted octanol–water partition coefficient (Wildman–Crippen LogP) is 5.26. The maximum atomic E-state index is 12.5. The van der Waals surface area contributed by atoms with Crippen LogP contribution in [0.5, 0.6) is 0 Å². The fraction of sp³-hybridized carbons (Fsp3) is 0.143. The first-order valence-corrected chi connectivity index (χ1v) is 11.2. The van der Waals surface area contributed by atoms with E-state index in [1.54, 1.807) is 0 Å². The van der Waals surface area contributed by atoms with Crippen LogP contribution in [0.1, 0.15) is 11.1 Å². The Bertz CT molecular complexity index is 1420. The summed E-state index contributed by atoms with van der Waals surface area (Å²) in [6, 6.07) is 30.7. The third kappa shape index (κ3) is 4.78. The van der Waals surface area contributed by atoms with E-state index >= 15 is 0 Å². The monoisotopic (exact) mass is 434 g/mol. The molecule has 5 aromatic rings. The first-order valence-electron chi connectivity index (χ1n) is 11.2. The van der Waals surface area contributed by atoms with Crippen molar-refractivity contribution in [1.82, 2.24) is 20.1 Å². The van der Waals surface area contributed by atoms with Crippen LogP contribution >= 0.6 is 0 Å². The molecule has 164 valence electrons. The summed E-state index contributed by atoms with van der Waals surface area (Å²) in [4.78, 5) is 18.3. The summed E-state index contributed by atoms with van der Waals surface area (Å²) in [5, 5.41) is 7.95. The van der Waals surface area contributed by atoms with Crippen molar-refractivity contribution in [2.24, 2.45) is 0 Å². The highest BCUT2D eigenvalue weighted by molar-refractivity contribution is 5.86. The van der Waals surface area contributed by atoms with Gasteiger partial charge in [0.1, 0.15) is 0 Å². The molecule has 0 aliphatic heterocycles. The number of rotatable bonds is 7. The van der Waals surface area contributed by atoms with Gasteiger partial charge in [-0.2, -0.15) is 5.10 Å². The Labute approximate surface area is 192 Å². The molecule has 0 amide bonds. The number of hydrogen-bond donors (Lipinski definition) is 2. The van der Waals surface area contributed by atoms with Crippen molar-refractivity contribution < 1.29 is 0 Å². The largest absolute Gasteiger partial charge is 0.354 e. The van der Waals surface area contributed by atoms with Crippen molar-refractivity contribution >= 4 is 10.9 Å². The van der Waals surface area contributed by atoms with Crippen LogP contribution in [0.3, 0.4) is 0 Å². The molecule has 0 atom stereocenters. The van der Waals surface area contributed by atoms with Gasteiger partial charge in [0.25, 0.3) is 5.56 Å². The number of benzene rings is 3. The minimum Gasteiger partial charge on any atom is -0.354 e. The van der Waals surface area contributed by atoms with Crippen molar-refractivity contribution in [2.45, 2.75) is 13.0 Å². The number of aromatic nitrogens is 3. The quantitative estimate of drug-likeness (QED) is 0.367. The van der Waals surface area contributed by atoms with Crippen molar-refractivity contribution in [3.8, 4) is 22.5 Å². The third-order valence-corrected chi connectivity index (χ3v) is 5.93. The molecule has 5 heteroatoms. The number of nitrogens with one attached hydrogen (secondary N) is 2. The zero-order valence-corrected chi connectivity index (χ0v) is 18.6. The van der Waals surface area contributed by atoms with Crippen LogP contribution in [0.4, 0.5) is 0 Å². The van der Waals surface area contributed by atoms with Gasteiger partial charge in [0.05, 0.1) is 17.0 Å². The van der Waals surface area contributed by atoms with Gasteiger partial charge >= 0.3 is 0 Å². The van der Waals surface area contributed by atoms with Gasteiger partial charge in [-0.15, -0.1) is 0 Å². The number of H-pyrrole nitrogens is 2. The first kappa shape index (κ1) is 20.9. The molecule has 0 saturated carbocycles. The van der Waals surface area contributed by atoms with Gasteiger partial charge in [0.2, 0.25) is 0 Å². The Morgan fingerprint density at radius 3 is 2.39 bits per heavy atom. The second-order valence-electron chi connectivity index (χ2n) is 8.44. The lowest BCUT2D eigenvalue weighted by atomic mass is 10.1. The molecule has 0 aliphatic rings. The SMILES string of the molecule is CN(CCc1ccccc1)Cc1ccc2[nH]c(-c3cc(-c4ccccc4)n[nH]c3=O)cc2c1. The second-order valence-corrected chi connectivity index (χ2v) is 8.44. The van der Waals surface area contributed by atoms with Gasteiger partial charge in [-0.3, -0.25) is 4.79 Å². The lowest BCUT2D eigenvalue weighted by Gasteiger charge is -2.16. The van der Waals surface area contributed by atoms with E-state index in [0.717, 1.165) is 47.4 Å². The smallest absolute Gasteiger partial charge is 0.273 e. The van der Waals surface area contributed by atoms with Crippen molar-refractivity contribution in [1.29, 1.82) is 0 Å². The van der Waals surface area contributed by atoms with E-state index in [0.29, 0.717) is 5.56 Å². The van der Waals surface area contributed by atoms with E-state index in [9.17, 15) is 4.79 Å². The molecular weight excluding hydrogens is 408 g/mol. The van der Waals surface area contributed by atoms with Crippen LogP contribution in [0.15, 0.2) is 95.8 Å². The predicted molar refractivity (Wildman–Crippen MR) is 134 cm³/mol. The minimum absolute atomic E-state index is 0.206. The zero-order valence-electron chi connectivity index (χ0n) is 18.6. The maximum absolute atomic E-state index is 12.5. The molecule has 2 heterocycles. The number of fused-ring (bicyclic) bond motifs is 1. The summed E-state index contributed by atoms with van der Waals surface area (Å²) in [5.41, 5.74) is 6.49. The van der Waals surface area contributed by atoms with Gasteiger partial charge in [-0.1, -0.05) is 66.7 Å². The summed E-state index contributed by atoms with van der Waals surface area (Å²) >= 11 is 0. The Hall–Kier alpha value is -3.96. The highest BCUT2D eigenvalue weighted by atomic mass is 16.1. The average Bonchev–Trinajstić information content (AvgIpc) is 3.27. The Morgan fingerprint density at radius 2 is 1.61 bits per heavy atom. The summed E-state index contributed by atoms with van der Waals surface area (Å²) < 4.78 is 0. The van der Waals surface area contributed by atoms with E-state index in [4.69, 9.17) is 0 Å². The van der Waals surface area contributed by atoms with E-state index in [2.05, 4.69) is 75.7 Å². The van der Waals surface area contributed by atoms with Crippen LogP contribution in [-0.4, -0.2) is 33.7 Å². The van der Waals surface area contributed by atoms with E-state index in [1.807, 2.05) is 42.5 Å². The number of hydrogen-bond acceptors (Lipinski definition) is 3. The number of aromatic amines is 2. The van der Waals surface area contributed by atoms with Gasteiger partial charge in [0, 0.05) is 29.6 Å². The molecule has 5 nitrogen and oxygen atoms in total. The molecular formula is C28H26N4O. The van der Waals surface area contributed by atoms with Gasteiger partial charge in [-0.05, 0) is 48.9 Å². The normalized spacial score (nSPS) is 11.3. The molecule has 0 saturated heterocycles. The number of likely N-dealkylation sites (N-methyl/N-ethyl adjacent to an activating group) is 1. The highest BCUT2D eigenvalue weighted by Gasteiger charge is 2.11. The molecule has 33 heavy (non-hydrogen) atoms. The topological polar surface area (TPSA) is 64.8 Å². The summed E-state index contributed by atoms with van der Waals surface area (Å²) in [6.45, 7) is 1.87. The van der Waals surface area contributed by atoms with E-state index in [-0.39, 0.29) is 5.56 Å². The van der Waals surface area contributed by atoms with Crippen LogP contribution < -0.4 is 5.56 Å². The van der Waals surface area contributed by atoms with Crippen molar-refractivity contribution in [3.63, 3.8) is 0 Å². The van der Waals surface area contributed by atoms with Crippen LogP contribution in [-0.2, 0) is 13.0 Å². The van der Waals surface area contributed by atoms with E-state index < -0.39 is 0 Å². The summed E-state index contributed by atoms with van der Waals surface area (Å²) in [7, 11) is 2.15. The van der Waals surface area contributed by atoms with Crippen molar-refractivity contribution in [3.05, 3.63) is 112 Å². The molecule has 0 aliphatic carbocycles. The Balaban J connectivity index is 1.36. The fourth-order valence-corrected chi connectivity index (χ4v) is 4.14. The molecule has 0 unspecified atom stereocenters. The first-order chi connectivity index (χ1) is 16.2. The second kappa shape index (κ2) is 9.27. The molecule has 3 aromatic carbocycles. The van der Waals surface area contributed by atoms with Crippen LogP contribution in [0, 0.1) is 0 Å². The lowest BCUT2D eigenvalue weighted by molar-refractivity contribution is 0.331. The minimum atomic E-state index is -0.206. The van der Waals surface area contributed by atoms with Gasteiger partial charge in [-0.25, -0.2) is 5.10 Å². The van der Waals surface area contributed by atoms with Gasteiger partial charge in [0.15, 0.2) is 0 Å². The van der Waals surface area contributed by atoms with Crippen LogP contribution in [0.25, 0.3) is 33.4 Å². The average molecular weight is 435 g/mol. The summed E-state index contributed by atoms with van der Waals surface area (Å²) in [6.07, 6.45) is 1.03. The molecule has 0 spiro atoms. The molecule has 2 aromatic heterocycles. The fourth-order valence-electron chi connectivity index (χ4n) is 4.14. The molecule has 2 N–H and O–H groups in total. The zero-order chi connectivity index (χ0) is 22.6. The highest BCUT2D eigenvalue weighted by Crippen LogP contribution is 2.25. The van der Waals surface area contributed by atoms with Crippen molar-refractivity contribution in [2.75, 3.05) is 13.6 Å². The van der Waals surface area contributed by atoms with Crippen LogP contribution in [0.2, 0.25) is 0 Å². The standard InChI is InChI=1S/C28H26N4O/c1-32(15-14-20-8-4-2-5-9-20)19-21-12-13-25-23(16-21)17-27(29-25)24-18-26(30-31-28(24)33)22-10-6-3-7-11-22/h2-13,16-18,29H,14-15,19H2,1H3,(H,31,33). The molecule has 0 fully saturated rings. The molecule has 0 bridgehead atoms. The lowest BCUT2D eigenvalue weighted by Crippen LogP contribution is -2.20. The maximum Gasteiger partial charge on any atom is 0.273 e. The molecule has 0 radical (unpaired) electrons.